The average molecular weight is 255 g/mol. The van der Waals surface area contributed by atoms with E-state index in [1.165, 1.54) is 19.1 Å². The molecular formula is C9H8BrF3. The molecule has 0 aliphatic heterocycles. The van der Waals surface area contributed by atoms with Gasteiger partial charge >= 0.3 is 6.18 Å². The summed E-state index contributed by atoms with van der Waals surface area (Å²) in [6.07, 6.45) is -4.45. The van der Waals surface area contributed by atoms with Crippen molar-refractivity contribution < 1.29 is 15.9 Å². The van der Waals surface area contributed by atoms with Crippen LogP contribution in [0.5, 0.6) is 0 Å². The smallest absolute Gasteiger partial charge is 0.166 e. The minimum absolute atomic E-state index is 0.00248. The average Bonchev–Trinajstić information content (AvgIpc) is 1.99. The Hall–Kier alpha value is -0.510. The Bertz CT molecular complexity index is 336. The normalized spacial score (nSPS) is 15.2. The van der Waals surface area contributed by atoms with Gasteiger partial charge in [0.2, 0.25) is 0 Å². The Morgan fingerprint density at radius 1 is 1.46 bits per heavy atom. The van der Waals surface area contributed by atoms with Gasteiger partial charge in [-0.1, -0.05) is 28.1 Å². The molecule has 0 spiro atoms. The first-order chi connectivity index (χ1) is 6.64. The second-order valence-electron chi connectivity index (χ2n) is 2.57. The topological polar surface area (TPSA) is 0 Å². The van der Waals surface area contributed by atoms with Crippen LogP contribution >= 0.6 is 15.9 Å². The molecule has 1 aromatic rings. The van der Waals surface area contributed by atoms with Crippen LogP contribution in [0.15, 0.2) is 18.2 Å². The van der Waals surface area contributed by atoms with Crippen molar-refractivity contribution in [2.75, 3.05) is 0 Å². The van der Waals surface area contributed by atoms with Crippen molar-refractivity contribution in [1.82, 2.24) is 0 Å². The second-order valence-corrected chi connectivity index (χ2v) is 2.97. The Labute approximate surface area is 85.7 Å². The summed E-state index contributed by atoms with van der Waals surface area (Å²) in [5.41, 5.74) is -0.896. The fourth-order valence-electron chi connectivity index (χ4n) is 1.05. The third-order valence-corrected chi connectivity index (χ3v) is 2.17. The number of alkyl halides is 4. The van der Waals surface area contributed by atoms with Crippen LogP contribution in [-0.2, 0) is 11.5 Å². The van der Waals surface area contributed by atoms with Gasteiger partial charge in [0, 0.05) is 8.02 Å². The zero-order valence-electron chi connectivity index (χ0n) is 8.74. The number of benzene rings is 1. The van der Waals surface area contributed by atoms with Crippen LogP contribution in [0.2, 0.25) is 0 Å². The monoisotopic (exact) mass is 254 g/mol. The Kier molecular flexibility index (Phi) is 2.23. The lowest BCUT2D eigenvalue weighted by atomic mass is 10.0. The minimum atomic E-state index is -4.45. The van der Waals surface area contributed by atoms with E-state index in [4.69, 9.17) is 2.74 Å². The molecule has 0 aromatic heterocycles. The molecular weight excluding hydrogens is 245 g/mol. The highest BCUT2D eigenvalue weighted by Crippen LogP contribution is 2.33. The molecule has 0 unspecified atom stereocenters. The summed E-state index contributed by atoms with van der Waals surface area (Å²) in [5.74, 6) is 0. The third-order valence-electron chi connectivity index (χ3n) is 1.74. The van der Waals surface area contributed by atoms with E-state index < -0.39 is 17.0 Å². The molecule has 0 radical (unpaired) electrons. The number of rotatable bonds is 1. The molecule has 0 N–H and O–H groups in total. The summed E-state index contributed by atoms with van der Waals surface area (Å²) in [6.45, 7) is 1.26. The molecule has 72 valence electrons. The molecule has 0 saturated heterocycles. The standard InChI is InChI=1S/C9H8BrF3/c1-6-7(5-10)3-2-4-8(6)9(11,12)13/h2-4H,5H2,1H3/i5D2. The molecule has 0 nitrogen and oxygen atoms in total. The molecule has 0 heterocycles. The van der Waals surface area contributed by atoms with Crippen molar-refractivity contribution in [2.24, 2.45) is 0 Å². The lowest BCUT2D eigenvalue weighted by molar-refractivity contribution is -0.138. The summed E-state index contributed by atoms with van der Waals surface area (Å²) < 4.78 is 52.1. The fraction of sp³-hybridized carbons (Fsp3) is 0.333. The predicted molar refractivity (Wildman–Crippen MR) is 48.8 cm³/mol. The van der Waals surface area contributed by atoms with Crippen molar-refractivity contribution in [3.63, 3.8) is 0 Å². The fourth-order valence-corrected chi connectivity index (χ4v) is 1.47. The van der Waals surface area contributed by atoms with E-state index in [-0.39, 0.29) is 11.1 Å². The number of halogens is 4. The van der Waals surface area contributed by atoms with Gasteiger partial charge in [0.25, 0.3) is 0 Å². The van der Waals surface area contributed by atoms with Crippen molar-refractivity contribution in [3.8, 4) is 0 Å². The summed E-state index contributed by atoms with van der Waals surface area (Å²) >= 11 is 2.70. The maximum Gasteiger partial charge on any atom is 0.416 e. The predicted octanol–water partition coefficient (Wildman–Crippen LogP) is 3.91. The molecule has 0 bridgehead atoms. The molecule has 1 rings (SSSR count). The van der Waals surface area contributed by atoms with Crippen LogP contribution in [0.1, 0.15) is 19.4 Å². The Balaban J connectivity index is 3.37. The minimum Gasteiger partial charge on any atom is -0.166 e. The maximum absolute atomic E-state index is 12.5. The molecule has 13 heavy (non-hydrogen) atoms. The van der Waals surface area contributed by atoms with E-state index in [1.54, 1.807) is 0 Å². The van der Waals surface area contributed by atoms with Crippen molar-refractivity contribution in [3.05, 3.63) is 34.9 Å². The van der Waals surface area contributed by atoms with Gasteiger partial charge in [0.1, 0.15) is 0 Å². The van der Waals surface area contributed by atoms with Gasteiger partial charge in [0.05, 0.1) is 5.56 Å². The first kappa shape index (κ1) is 7.85. The molecule has 0 aliphatic carbocycles. The van der Waals surface area contributed by atoms with E-state index in [9.17, 15) is 13.2 Å². The zero-order chi connectivity index (χ0) is 11.9. The first-order valence-electron chi connectivity index (χ1n) is 4.50. The van der Waals surface area contributed by atoms with Crippen LogP contribution in [0.3, 0.4) is 0 Å². The Morgan fingerprint density at radius 3 is 2.54 bits per heavy atom. The van der Waals surface area contributed by atoms with E-state index in [1.807, 2.05) is 0 Å². The second kappa shape index (κ2) is 3.70. The van der Waals surface area contributed by atoms with Crippen LogP contribution in [0, 0.1) is 6.92 Å². The maximum atomic E-state index is 12.5. The highest BCUT2D eigenvalue weighted by atomic mass is 79.9. The van der Waals surface area contributed by atoms with E-state index in [0.29, 0.717) is 0 Å². The SMILES string of the molecule is [2H]C([2H])(Br)c1cccc(C(F)(F)F)c1C. The molecule has 0 aliphatic rings. The van der Waals surface area contributed by atoms with E-state index in [2.05, 4.69) is 15.9 Å². The van der Waals surface area contributed by atoms with Crippen molar-refractivity contribution in [2.45, 2.75) is 18.4 Å². The third kappa shape index (κ3) is 2.24. The number of hydrogen-bond donors (Lipinski definition) is 0. The zero-order valence-corrected chi connectivity index (χ0v) is 8.33. The van der Waals surface area contributed by atoms with E-state index >= 15 is 0 Å². The van der Waals surface area contributed by atoms with Gasteiger partial charge < -0.3 is 0 Å². The summed E-state index contributed by atoms with van der Waals surface area (Å²) in [7, 11) is 0. The summed E-state index contributed by atoms with van der Waals surface area (Å²) in [6, 6.07) is 3.47. The highest BCUT2D eigenvalue weighted by molar-refractivity contribution is 9.08. The van der Waals surface area contributed by atoms with Crippen LogP contribution < -0.4 is 0 Å². The number of hydrogen-bond acceptors (Lipinski definition) is 0. The highest BCUT2D eigenvalue weighted by Gasteiger charge is 2.32. The molecule has 4 heteroatoms. The molecule has 0 saturated carbocycles. The van der Waals surface area contributed by atoms with Crippen LogP contribution in [-0.4, -0.2) is 0 Å². The lowest BCUT2D eigenvalue weighted by Gasteiger charge is -2.12. The van der Waals surface area contributed by atoms with Crippen LogP contribution in [0.4, 0.5) is 13.2 Å². The van der Waals surface area contributed by atoms with Gasteiger partial charge in [-0.3, -0.25) is 0 Å². The van der Waals surface area contributed by atoms with Crippen LogP contribution in [0.25, 0.3) is 0 Å². The quantitative estimate of drug-likeness (QED) is 0.667. The van der Waals surface area contributed by atoms with Gasteiger partial charge in [0.15, 0.2) is 0 Å². The van der Waals surface area contributed by atoms with Crippen molar-refractivity contribution in [1.29, 1.82) is 0 Å². The van der Waals surface area contributed by atoms with Gasteiger partial charge in [-0.25, -0.2) is 0 Å². The molecule has 1 aromatic carbocycles. The van der Waals surface area contributed by atoms with Crippen molar-refractivity contribution >= 4 is 15.9 Å². The largest absolute Gasteiger partial charge is 0.416 e. The molecule has 0 atom stereocenters. The van der Waals surface area contributed by atoms with Gasteiger partial charge in [-0.2, -0.15) is 13.2 Å². The first-order valence-corrected chi connectivity index (χ1v) is 4.29. The molecule has 0 amide bonds. The Morgan fingerprint density at radius 2 is 2.08 bits per heavy atom. The summed E-state index contributed by atoms with van der Waals surface area (Å²) in [4.78, 5) is 0. The lowest BCUT2D eigenvalue weighted by Crippen LogP contribution is -2.08. The van der Waals surface area contributed by atoms with Gasteiger partial charge in [-0.05, 0) is 24.1 Å². The van der Waals surface area contributed by atoms with Gasteiger partial charge in [-0.15, -0.1) is 0 Å². The summed E-state index contributed by atoms with van der Waals surface area (Å²) in [5, 5.41) is -1.95. The van der Waals surface area contributed by atoms with E-state index in [0.717, 1.165) is 6.07 Å². The molecule has 0 fully saturated rings.